The van der Waals surface area contributed by atoms with Gasteiger partial charge in [-0.15, -0.1) is 0 Å². The van der Waals surface area contributed by atoms with E-state index in [1.807, 2.05) is 78.9 Å². The van der Waals surface area contributed by atoms with E-state index < -0.39 is 58.5 Å². The van der Waals surface area contributed by atoms with Gasteiger partial charge in [-0.05, 0) is 105 Å². The summed E-state index contributed by atoms with van der Waals surface area (Å²) in [4.78, 5) is 3.54. The second-order valence-corrected chi connectivity index (χ2v) is 23.6. The second kappa shape index (κ2) is 20.6. The lowest BCUT2D eigenvalue weighted by Gasteiger charge is -2.42. The highest BCUT2D eigenvalue weighted by Crippen LogP contribution is 2.53. The Hall–Kier alpha value is -3.76. The third-order valence-corrected chi connectivity index (χ3v) is 18.2. The Balaban J connectivity index is 1.74. The van der Waals surface area contributed by atoms with Crippen LogP contribution < -0.4 is 9.47 Å². The minimum absolute atomic E-state index is 0.000281. The molecule has 5 rings (SSSR count). The molecule has 5 atom stereocenters. The van der Waals surface area contributed by atoms with Gasteiger partial charge in [0.05, 0.1) is 20.8 Å². The Kier molecular flexibility index (Phi) is 16.3. The number of nitrogens with zero attached hydrogens (tertiary/aromatic N) is 2. The highest BCUT2D eigenvalue weighted by Gasteiger charge is 2.54. The Labute approximate surface area is 364 Å². The molecule has 0 bridgehead atoms. The van der Waals surface area contributed by atoms with Crippen LogP contribution in [0.5, 0.6) is 11.5 Å². The summed E-state index contributed by atoms with van der Waals surface area (Å²) in [6.45, 7) is 28.3. The van der Waals surface area contributed by atoms with Crippen molar-refractivity contribution >= 4 is 16.8 Å². The highest BCUT2D eigenvalue weighted by atomic mass is 31.2. The lowest BCUT2D eigenvalue weighted by molar-refractivity contribution is -0.0810. The fourth-order valence-electron chi connectivity index (χ4n) is 7.46. The lowest BCUT2D eigenvalue weighted by Crippen LogP contribution is -2.49. The molecule has 1 heterocycles. The van der Waals surface area contributed by atoms with Crippen LogP contribution in [0.2, 0.25) is 18.1 Å². The maximum Gasteiger partial charge on any atom is 0.259 e. The molecule has 0 radical (unpaired) electrons. The summed E-state index contributed by atoms with van der Waals surface area (Å²) in [5.41, 5.74) is 1.73. The van der Waals surface area contributed by atoms with Gasteiger partial charge in [-0.3, -0.25) is 0 Å². The zero-order chi connectivity index (χ0) is 44.7. The fourth-order valence-corrected chi connectivity index (χ4v) is 10.5. The predicted molar refractivity (Wildman–Crippen MR) is 240 cm³/mol. The van der Waals surface area contributed by atoms with Gasteiger partial charge in [0.15, 0.2) is 8.32 Å². The lowest BCUT2D eigenvalue weighted by atomic mass is 9.80. The first-order chi connectivity index (χ1) is 28.9. The molecule has 1 aliphatic rings. The number of hydrogen-bond donors (Lipinski definition) is 0. The molecule has 0 N–H and O–H groups in total. The van der Waals surface area contributed by atoms with Crippen molar-refractivity contribution in [2.45, 2.75) is 116 Å². The molecule has 0 aliphatic carbocycles. The second-order valence-electron chi connectivity index (χ2n) is 17.5. The maximum atomic E-state index is 16.2. The van der Waals surface area contributed by atoms with E-state index in [2.05, 4.69) is 71.1 Å². The largest absolute Gasteiger partial charge is 0.497 e. The van der Waals surface area contributed by atoms with Crippen LogP contribution in [0.4, 0.5) is 8.78 Å². The Morgan fingerprint density at radius 1 is 0.803 bits per heavy atom. The standard InChI is InChI=1S/C48H63F2N2O7PSi/c1-32(2)52(33(3)4)60(56-28-27-51-9)58-45-43(57-44(40-29-34(5)41(49)30-42(40)50)46(45)59-61(12,13)47(6,7)8)31-55-48(35-17-15-14-16-18-35,36-19-23-38(53-10)24-20-36)37-21-25-39(54-11)26-22-37/h14-26,29-30,32-33,43-46H,27-28,31H2,1-8,10-13H3/t43-,44+,45?,46-,60?/m1/s1. The quantitative estimate of drug-likeness (QED) is 0.0303. The summed E-state index contributed by atoms with van der Waals surface area (Å²) in [6.07, 6.45) is -3.60. The topological polar surface area (TPSA) is 72.2 Å². The van der Waals surface area contributed by atoms with Crippen molar-refractivity contribution in [2.24, 2.45) is 0 Å². The molecule has 1 saturated heterocycles. The molecule has 0 aromatic heterocycles. The molecule has 61 heavy (non-hydrogen) atoms. The van der Waals surface area contributed by atoms with Crippen LogP contribution in [0, 0.1) is 25.1 Å². The number of methoxy groups -OCH3 is 2. The van der Waals surface area contributed by atoms with Crippen LogP contribution in [0.3, 0.4) is 0 Å². The normalized spacial score (nSPS) is 19.1. The first-order valence-corrected chi connectivity index (χ1v) is 24.9. The van der Waals surface area contributed by atoms with E-state index in [1.54, 1.807) is 21.1 Å². The van der Waals surface area contributed by atoms with Crippen molar-refractivity contribution in [1.29, 1.82) is 0 Å². The van der Waals surface area contributed by atoms with Crippen molar-refractivity contribution in [3.05, 3.63) is 142 Å². The van der Waals surface area contributed by atoms with E-state index in [0.717, 1.165) is 22.8 Å². The smallest absolute Gasteiger partial charge is 0.259 e. The fraction of sp³-hybridized carbons (Fsp3) is 0.479. The number of hydrogen-bond acceptors (Lipinski definition) is 8. The number of aryl methyl sites for hydroxylation is 1. The molecule has 0 saturated carbocycles. The summed E-state index contributed by atoms with van der Waals surface area (Å²) < 4.78 is 79.9. The molecule has 2 unspecified atom stereocenters. The Morgan fingerprint density at radius 2 is 1.34 bits per heavy atom. The van der Waals surface area contributed by atoms with Crippen LogP contribution in [0.1, 0.15) is 82.4 Å². The molecular formula is C48H63F2N2O7PSi. The van der Waals surface area contributed by atoms with Gasteiger partial charge >= 0.3 is 0 Å². The molecule has 0 amide bonds. The summed E-state index contributed by atoms with van der Waals surface area (Å²) in [5.74, 6) is -0.0235. The van der Waals surface area contributed by atoms with Crippen LogP contribution in [0.15, 0.2) is 91.0 Å². The van der Waals surface area contributed by atoms with E-state index in [0.29, 0.717) is 11.5 Å². The number of ether oxygens (including phenoxy) is 4. The number of rotatable bonds is 19. The average Bonchev–Trinajstić information content (AvgIpc) is 3.54. The van der Waals surface area contributed by atoms with E-state index in [4.69, 9.17) is 39.0 Å². The maximum absolute atomic E-state index is 16.2. The average molecular weight is 877 g/mol. The van der Waals surface area contributed by atoms with Crippen LogP contribution in [-0.4, -0.2) is 77.4 Å². The first kappa shape index (κ1) is 48.3. The van der Waals surface area contributed by atoms with Gasteiger partial charge in [0.2, 0.25) is 6.54 Å². The van der Waals surface area contributed by atoms with E-state index in [9.17, 15) is 4.39 Å². The van der Waals surface area contributed by atoms with Gasteiger partial charge in [0, 0.05) is 23.7 Å². The van der Waals surface area contributed by atoms with Crippen molar-refractivity contribution in [2.75, 3.05) is 34.0 Å². The summed E-state index contributed by atoms with van der Waals surface area (Å²) >= 11 is 0. The molecular weight excluding hydrogens is 814 g/mol. The van der Waals surface area contributed by atoms with E-state index in [1.165, 1.54) is 6.07 Å². The van der Waals surface area contributed by atoms with Gasteiger partial charge in [0.1, 0.15) is 59.8 Å². The molecule has 4 aromatic carbocycles. The van der Waals surface area contributed by atoms with Gasteiger partial charge in [0.25, 0.3) is 8.53 Å². The van der Waals surface area contributed by atoms with Crippen LogP contribution in [0.25, 0.3) is 4.85 Å². The van der Waals surface area contributed by atoms with Gasteiger partial charge in [-0.25, -0.2) is 20.0 Å². The van der Waals surface area contributed by atoms with Crippen molar-refractivity contribution < 1.29 is 41.2 Å². The molecule has 1 aliphatic heterocycles. The third kappa shape index (κ3) is 10.9. The third-order valence-electron chi connectivity index (χ3n) is 11.6. The zero-order valence-electron chi connectivity index (χ0n) is 37.7. The van der Waals surface area contributed by atoms with Gasteiger partial charge in [-0.2, -0.15) is 0 Å². The monoisotopic (exact) mass is 876 g/mol. The van der Waals surface area contributed by atoms with E-state index >= 15 is 4.39 Å². The molecule has 0 spiro atoms. The summed E-state index contributed by atoms with van der Waals surface area (Å²) in [5, 5.41) is -0.252. The summed E-state index contributed by atoms with van der Waals surface area (Å²) in [6, 6.07) is 27.9. The van der Waals surface area contributed by atoms with Crippen LogP contribution in [-0.2, 0) is 28.5 Å². The first-order valence-electron chi connectivity index (χ1n) is 20.9. The number of benzene rings is 4. The molecule has 330 valence electrons. The minimum atomic E-state index is -2.65. The summed E-state index contributed by atoms with van der Waals surface area (Å²) in [7, 11) is -1.23. The van der Waals surface area contributed by atoms with Crippen molar-refractivity contribution in [1.82, 2.24) is 4.67 Å². The van der Waals surface area contributed by atoms with E-state index in [-0.39, 0.29) is 48.0 Å². The molecule has 13 heteroatoms. The highest BCUT2D eigenvalue weighted by molar-refractivity contribution is 7.44. The van der Waals surface area contributed by atoms with Gasteiger partial charge in [-0.1, -0.05) is 75.4 Å². The van der Waals surface area contributed by atoms with Crippen molar-refractivity contribution in [3.63, 3.8) is 0 Å². The van der Waals surface area contributed by atoms with Gasteiger partial charge < -0.3 is 37.3 Å². The number of halogens is 2. The molecule has 9 nitrogen and oxygen atoms in total. The SMILES string of the molecule is [C-]#[N+]CCOP(OC1[C@@H](COC(c2ccccc2)(c2ccc(OC)cc2)c2ccc(OC)cc2)O[C@@H](c2cc(C)c(F)cc2F)[C@H]1O[Si](C)(C)C(C)(C)C)N(C(C)C)C(C)C. The molecule has 1 fully saturated rings. The Bertz CT molecular complexity index is 2000. The van der Waals surface area contributed by atoms with Crippen LogP contribution >= 0.6 is 8.53 Å². The Morgan fingerprint density at radius 3 is 1.84 bits per heavy atom. The molecule has 4 aromatic rings. The zero-order valence-corrected chi connectivity index (χ0v) is 39.6. The predicted octanol–water partition coefficient (Wildman–Crippen LogP) is 11.8. The minimum Gasteiger partial charge on any atom is -0.497 e. The van der Waals surface area contributed by atoms with Crippen molar-refractivity contribution in [3.8, 4) is 11.5 Å².